The number of pyridine rings is 1. The van der Waals surface area contributed by atoms with E-state index in [4.69, 9.17) is 21.3 Å². The third-order valence-corrected chi connectivity index (χ3v) is 7.07. The van der Waals surface area contributed by atoms with E-state index in [0.717, 1.165) is 54.6 Å². The molecule has 2 atom stereocenters. The van der Waals surface area contributed by atoms with Gasteiger partial charge in [0.15, 0.2) is 0 Å². The smallest absolute Gasteiger partial charge is 0.267 e. The fourth-order valence-corrected chi connectivity index (χ4v) is 5.46. The van der Waals surface area contributed by atoms with Crippen molar-refractivity contribution in [1.29, 1.82) is 0 Å². The summed E-state index contributed by atoms with van der Waals surface area (Å²) in [4.78, 5) is 9.03. The Labute approximate surface area is 202 Å². The van der Waals surface area contributed by atoms with Crippen molar-refractivity contribution in [2.24, 2.45) is 5.92 Å². The van der Waals surface area contributed by atoms with Gasteiger partial charge in [-0.25, -0.2) is 18.7 Å². The summed E-state index contributed by atoms with van der Waals surface area (Å²) in [5, 5.41) is 0.624. The highest BCUT2D eigenvalue weighted by Gasteiger charge is 2.41. The second kappa shape index (κ2) is 8.69. The van der Waals surface area contributed by atoms with Crippen LogP contribution in [0.5, 0.6) is 5.88 Å². The fourth-order valence-electron chi connectivity index (χ4n) is 5.23. The number of hydrogen-bond donors (Lipinski definition) is 0. The van der Waals surface area contributed by atoms with Gasteiger partial charge < -0.3 is 13.9 Å². The molecule has 0 amide bonds. The van der Waals surface area contributed by atoms with Crippen molar-refractivity contribution in [3.63, 3.8) is 0 Å². The van der Waals surface area contributed by atoms with Crippen molar-refractivity contribution in [3.05, 3.63) is 71.1 Å². The number of fused-ring (bicyclic) bond motifs is 1. The van der Waals surface area contributed by atoms with Crippen molar-refractivity contribution >= 4 is 11.6 Å². The molecule has 0 bridgehead atoms. The van der Waals surface area contributed by atoms with Gasteiger partial charge in [0.2, 0.25) is 5.88 Å². The monoisotopic (exact) mass is 484 g/mol. The lowest BCUT2D eigenvalue weighted by Crippen LogP contribution is -2.30. The molecule has 3 aromatic rings. The molecule has 178 valence electrons. The van der Waals surface area contributed by atoms with E-state index in [-0.39, 0.29) is 17.4 Å². The summed E-state index contributed by atoms with van der Waals surface area (Å²) in [6.45, 7) is 3.76. The quantitative estimate of drug-likeness (QED) is 0.407. The van der Waals surface area contributed by atoms with Gasteiger partial charge in [-0.05, 0) is 56.4 Å². The Morgan fingerprint density at radius 1 is 1.18 bits per heavy atom. The van der Waals surface area contributed by atoms with E-state index in [0.29, 0.717) is 17.3 Å². The van der Waals surface area contributed by atoms with Gasteiger partial charge in [-0.15, -0.1) is 0 Å². The summed E-state index contributed by atoms with van der Waals surface area (Å²) in [6, 6.07) is 6.00. The number of aromatic nitrogens is 4. The molecular formula is C26H27ClF2N4O. The second-order valence-corrected chi connectivity index (χ2v) is 9.66. The molecule has 0 N–H and O–H groups in total. The van der Waals surface area contributed by atoms with Gasteiger partial charge in [0.05, 0.1) is 24.8 Å². The molecule has 4 heterocycles. The van der Waals surface area contributed by atoms with Crippen LogP contribution in [0.2, 0.25) is 0 Å². The zero-order valence-electron chi connectivity index (χ0n) is 19.4. The lowest BCUT2D eigenvalue weighted by Gasteiger charge is -2.36. The van der Waals surface area contributed by atoms with Crippen LogP contribution in [0.25, 0.3) is 16.9 Å². The van der Waals surface area contributed by atoms with Crippen LogP contribution in [0.3, 0.4) is 0 Å². The average Bonchev–Trinajstić information content (AvgIpc) is 3.43. The van der Waals surface area contributed by atoms with Crippen molar-refractivity contribution in [2.75, 3.05) is 7.11 Å². The Kier molecular flexibility index (Phi) is 5.84. The lowest BCUT2D eigenvalue weighted by atomic mass is 9.74. The normalized spacial score (nSPS) is 20.5. The van der Waals surface area contributed by atoms with Gasteiger partial charge in [-0.2, -0.15) is 0 Å². The molecule has 0 aromatic carbocycles. The minimum atomic E-state index is -2.88. The molecule has 2 aliphatic rings. The standard InChI is InChI=1S/C26H27ClF2N4O/c1-16-13-33(15-30-16)23-9-8-22(31-25(23)34-3)17-11-24-19(5-4-10-32(24)14-17)20-12-18(27)6-7-21(20)26(2,28)29/h6-9,11,13-15,19-20H,4-5,10,12H2,1-3H3/t19-,20?/m1/s1. The number of rotatable bonds is 5. The van der Waals surface area contributed by atoms with Crippen molar-refractivity contribution in [1.82, 2.24) is 19.1 Å². The van der Waals surface area contributed by atoms with E-state index >= 15 is 0 Å². The van der Waals surface area contributed by atoms with E-state index in [1.807, 2.05) is 29.8 Å². The van der Waals surface area contributed by atoms with Crippen LogP contribution < -0.4 is 4.74 Å². The molecular weight excluding hydrogens is 458 g/mol. The maximum Gasteiger partial charge on any atom is 0.267 e. The van der Waals surface area contributed by atoms with Crippen molar-refractivity contribution in [3.8, 4) is 22.8 Å². The van der Waals surface area contributed by atoms with Gasteiger partial charge >= 0.3 is 0 Å². The van der Waals surface area contributed by atoms with Crippen molar-refractivity contribution < 1.29 is 13.5 Å². The van der Waals surface area contributed by atoms with Crippen LogP contribution in [-0.4, -0.2) is 32.1 Å². The highest BCUT2D eigenvalue weighted by Crippen LogP contribution is 2.48. The van der Waals surface area contributed by atoms with E-state index in [1.165, 1.54) is 6.08 Å². The zero-order chi connectivity index (χ0) is 24.0. The van der Waals surface area contributed by atoms with Gasteiger partial charge in [-0.3, -0.25) is 0 Å². The summed E-state index contributed by atoms with van der Waals surface area (Å²) >= 11 is 6.31. The van der Waals surface area contributed by atoms with Crippen LogP contribution in [-0.2, 0) is 6.54 Å². The van der Waals surface area contributed by atoms with Crippen LogP contribution in [0.15, 0.2) is 59.7 Å². The largest absolute Gasteiger partial charge is 0.479 e. The van der Waals surface area contributed by atoms with E-state index in [9.17, 15) is 8.78 Å². The van der Waals surface area contributed by atoms with Crippen LogP contribution in [0, 0.1) is 12.8 Å². The molecule has 0 spiro atoms. The van der Waals surface area contributed by atoms with Crippen LogP contribution in [0.1, 0.15) is 43.5 Å². The lowest BCUT2D eigenvalue weighted by molar-refractivity contribution is 0.0474. The van der Waals surface area contributed by atoms with E-state index in [2.05, 4.69) is 21.8 Å². The number of halogens is 3. The molecule has 1 aliphatic carbocycles. The van der Waals surface area contributed by atoms with Gasteiger partial charge in [0, 0.05) is 53.6 Å². The zero-order valence-corrected chi connectivity index (χ0v) is 20.2. The first-order chi connectivity index (χ1) is 16.2. The molecule has 0 saturated heterocycles. The summed E-state index contributed by atoms with van der Waals surface area (Å²) in [5.74, 6) is -2.74. The fraction of sp³-hybridized carbons (Fsp3) is 0.385. The number of alkyl halides is 2. The molecule has 8 heteroatoms. The number of hydrogen-bond acceptors (Lipinski definition) is 3. The topological polar surface area (TPSA) is 44.9 Å². The number of methoxy groups -OCH3 is 1. The van der Waals surface area contributed by atoms with Crippen molar-refractivity contribution in [2.45, 2.75) is 51.5 Å². The Morgan fingerprint density at radius 3 is 2.71 bits per heavy atom. The van der Waals surface area contributed by atoms with Crippen LogP contribution >= 0.6 is 11.6 Å². The minimum Gasteiger partial charge on any atom is -0.479 e. The first-order valence-corrected chi connectivity index (χ1v) is 11.8. The van der Waals surface area contributed by atoms with Gasteiger partial charge in [0.25, 0.3) is 5.92 Å². The average molecular weight is 485 g/mol. The number of aryl methyl sites for hydroxylation is 2. The Balaban J connectivity index is 1.51. The van der Waals surface area contributed by atoms with E-state index in [1.54, 1.807) is 19.5 Å². The number of imidazole rings is 1. The molecule has 5 rings (SSSR count). The number of allylic oxidation sites excluding steroid dienone is 4. The molecule has 5 nitrogen and oxygen atoms in total. The molecule has 1 unspecified atom stereocenters. The first kappa shape index (κ1) is 22.8. The predicted molar refractivity (Wildman–Crippen MR) is 129 cm³/mol. The number of ether oxygens (including phenoxy) is 1. The molecule has 3 aromatic heterocycles. The Hall–Kier alpha value is -2.93. The predicted octanol–water partition coefficient (Wildman–Crippen LogP) is 6.65. The Bertz CT molecular complexity index is 1280. The van der Waals surface area contributed by atoms with Gasteiger partial charge in [-0.1, -0.05) is 17.7 Å². The maximum absolute atomic E-state index is 14.5. The molecule has 0 fully saturated rings. The third kappa shape index (κ3) is 4.17. The summed E-state index contributed by atoms with van der Waals surface area (Å²) in [7, 11) is 1.60. The van der Waals surface area contributed by atoms with Gasteiger partial charge in [0.1, 0.15) is 5.69 Å². The summed E-state index contributed by atoms with van der Waals surface area (Å²) in [5.41, 5.74) is 4.65. The Morgan fingerprint density at radius 2 is 2.00 bits per heavy atom. The minimum absolute atomic E-state index is 0.0304. The molecule has 34 heavy (non-hydrogen) atoms. The molecule has 0 radical (unpaired) electrons. The molecule has 0 saturated carbocycles. The van der Waals surface area contributed by atoms with E-state index < -0.39 is 5.92 Å². The SMILES string of the molecule is COc1nc(-c2cc3n(c2)CCC[C@@H]3C2CC(Cl)=CC=C2C(C)(F)F)ccc1-n1cnc(C)c1. The molecule has 1 aliphatic heterocycles. The second-order valence-electron chi connectivity index (χ2n) is 9.18. The maximum atomic E-state index is 14.5. The highest BCUT2D eigenvalue weighted by molar-refractivity contribution is 6.29. The van der Waals surface area contributed by atoms with Crippen LogP contribution in [0.4, 0.5) is 8.78 Å². The summed E-state index contributed by atoms with van der Waals surface area (Å²) in [6.07, 6.45) is 11.1. The first-order valence-electron chi connectivity index (χ1n) is 11.5. The number of nitrogens with zero attached hydrogens (tertiary/aromatic N) is 4. The highest BCUT2D eigenvalue weighted by atomic mass is 35.5. The third-order valence-electron chi connectivity index (χ3n) is 6.79. The summed E-state index contributed by atoms with van der Waals surface area (Å²) < 4.78 is 38.6.